The molecule has 2 aromatic heterocycles. The number of hydrogen-bond donors (Lipinski definition) is 1. The summed E-state index contributed by atoms with van der Waals surface area (Å²) in [7, 11) is 0. The highest BCUT2D eigenvalue weighted by molar-refractivity contribution is 7.13. The van der Waals surface area contributed by atoms with Crippen LogP contribution in [0.15, 0.2) is 36.4 Å². The number of benzene rings is 1. The van der Waals surface area contributed by atoms with Gasteiger partial charge in [-0.25, -0.2) is 0 Å². The molecule has 2 aliphatic heterocycles. The summed E-state index contributed by atoms with van der Waals surface area (Å²) < 4.78 is 6.33. The van der Waals surface area contributed by atoms with Gasteiger partial charge in [0.05, 0.1) is 17.2 Å². The van der Waals surface area contributed by atoms with Crippen LogP contribution < -0.4 is 0 Å². The Morgan fingerprint density at radius 2 is 2.00 bits per heavy atom. The van der Waals surface area contributed by atoms with Gasteiger partial charge in [0, 0.05) is 28.9 Å². The van der Waals surface area contributed by atoms with Crippen LogP contribution in [0.5, 0.6) is 0 Å². The molecule has 4 heterocycles. The third-order valence-corrected chi connectivity index (χ3v) is 6.80. The number of aryl methyl sites for hydroxylation is 1. The number of rotatable bonds is 1. The molecule has 4 nitrogen and oxygen atoms in total. The van der Waals surface area contributed by atoms with Crippen LogP contribution in [0.2, 0.25) is 0 Å². The monoisotopic (exact) mass is 366 g/mol. The van der Waals surface area contributed by atoms with Crippen molar-refractivity contribution in [3.05, 3.63) is 57.4 Å². The maximum Gasteiger partial charge on any atom is 0.263 e. The van der Waals surface area contributed by atoms with Crippen LogP contribution in [-0.4, -0.2) is 35.5 Å². The average Bonchev–Trinajstić information content (AvgIpc) is 3.27. The van der Waals surface area contributed by atoms with E-state index in [0.29, 0.717) is 0 Å². The largest absolute Gasteiger partial charge is 0.368 e. The average molecular weight is 366 g/mol. The standard InChI is InChI=1S/C21H22N2O2S/c1-14-6-7-18(26-14)20(24)23-11-9-21(10-12-23)19-16(8-13-25-21)15-4-2-3-5-17(15)22-19/h2-7,22H,8-13H2,1H3. The summed E-state index contributed by atoms with van der Waals surface area (Å²) in [5.74, 6) is 0.158. The maximum absolute atomic E-state index is 12.8. The number of thiophene rings is 1. The number of nitrogens with zero attached hydrogens (tertiary/aromatic N) is 1. The van der Waals surface area contributed by atoms with Crippen LogP contribution in [0.1, 0.15) is 38.6 Å². The lowest BCUT2D eigenvalue weighted by molar-refractivity contribution is -0.0957. The second-order valence-electron chi connectivity index (χ2n) is 7.32. The summed E-state index contributed by atoms with van der Waals surface area (Å²) in [6, 6.07) is 12.5. The van der Waals surface area contributed by atoms with Gasteiger partial charge in [0.15, 0.2) is 0 Å². The summed E-state index contributed by atoms with van der Waals surface area (Å²) in [6.45, 7) is 4.28. The zero-order valence-corrected chi connectivity index (χ0v) is 15.7. The van der Waals surface area contributed by atoms with E-state index in [-0.39, 0.29) is 11.5 Å². The van der Waals surface area contributed by atoms with Gasteiger partial charge in [-0.3, -0.25) is 4.79 Å². The first kappa shape index (κ1) is 16.1. The fourth-order valence-corrected chi connectivity index (χ4v) is 5.28. The third kappa shape index (κ3) is 2.42. The molecule has 0 saturated carbocycles. The first-order valence-electron chi connectivity index (χ1n) is 9.26. The Balaban J connectivity index is 1.42. The molecule has 1 aromatic carbocycles. The molecular formula is C21H22N2O2S. The molecule has 1 saturated heterocycles. The van der Waals surface area contributed by atoms with E-state index >= 15 is 0 Å². The first-order valence-corrected chi connectivity index (χ1v) is 10.1. The molecule has 26 heavy (non-hydrogen) atoms. The first-order chi connectivity index (χ1) is 12.7. The zero-order chi connectivity index (χ0) is 17.7. The van der Waals surface area contributed by atoms with Gasteiger partial charge < -0.3 is 14.6 Å². The fourth-order valence-electron chi connectivity index (χ4n) is 4.44. The number of piperidine rings is 1. The minimum atomic E-state index is -0.269. The predicted molar refractivity (Wildman–Crippen MR) is 104 cm³/mol. The summed E-state index contributed by atoms with van der Waals surface area (Å²) in [6.07, 6.45) is 2.66. The highest BCUT2D eigenvalue weighted by atomic mass is 32.1. The normalized spacial score (nSPS) is 19.0. The molecule has 5 rings (SSSR count). The van der Waals surface area contributed by atoms with Gasteiger partial charge in [0.1, 0.15) is 5.60 Å². The summed E-state index contributed by atoms with van der Waals surface area (Å²) in [5.41, 5.74) is 3.56. The Labute approximate surface area is 156 Å². The lowest BCUT2D eigenvalue weighted by atomic mass is 9.83. The molecule has 1 spiro atoms. The third-order valence-electron chi connectivity index (χ3n) is 5.81. The molecule has 134 valence electrons. The van der Waals surface area contributed by atoms with Gasteiger partial charge >= 0.3 is 0 Å². The molecule has 0 unspecified atom stereocenters. The predicted octanol–water partition coefficient (Wildman–Crippen LogP) is 4.24. The number of carbonyl (C=O) groups is 1. The van der Waals surface area contributed by atoms with Crippen molar-refractivity contribution < 1.29 is 9.53 Å². The van der Waals surface area contributed by atoms with Crippen molar-refractivity contribution in [3.63, 3.8) is 0 Å². The van der Waals surface area contributed by atoms with Crippen molar-refractivity contribution in [3.8, 4) is 0 Å². The molecule has 2 aliphatic rings. The smallest absolute Gasteiger partial charge is 0.263 e. The van der Waals surface area contributed by atoms with E-state index in [4.69, 9.17) is 4.74 Å². The van der Waals surface area contributed by atoms with E-state index in [1.807, 2.05) is 24.0 Å². The summed E-state index contributed by atoms with van der Waals surface area (Å²) >= 11 is 1.58. The topological polar surface area (TPSA) is 45.3 Å². The number of ether oxygens (including phenoxy) is 1. The number of H-pyrrole nitrogens is 1. The Morgan fingerprint density at radius 3 is 2.77 bits per heavy atom. The minimum absolute atomic E-state index is 0.158. The number of aromatic nitrogens is 1. The van der Waals surface area contributed by atoms with E-state index in [1.165, 1.54) is 27.0 Å². The highest BCUT2D eigenvalue weighted by Gasteiger charge is 2.43. The quantitative estimate of drug-likeness (QED) is 0.700. The van der Waals surface area contributed by atoms with Crippen LogP contribution in [0, 0.1) is 6.92 Å². The number of para-hydroxylation sites is 1. The molecule has 0 aliphatic carbocycles. The molecule has 1 fully saturated rings. The summed E-state index contributed by atoms with van der Waals surface area (Å²) in [5, 5.41) is 1.32. The van der Waals surface area contributed by atoms with Crippen molar-refractivity contribution >= 4 is 28.1 Å². The Morgan fingerprint density at radius 1 is 1.19 bits per heavy atom. The van der Waals surface area contributed by atoms with Crippen molar-refractivity contribution in [1.82, 2.24) is 9.88 Å². The van der Waals surface area contributed by atoms with Crippen LogP contribution >= 0.6 is 11.3 Å². The summed E-state index contributed by atoms with van der Waals surface area (Å²) in [4.78, 5) is 20.4. The Kier molecular flexibility index (Phi) is 3.69. The van der Waals surface area contributed by atoms with Gasteiger partial charge in [-0.05, 0) is 49.9 Å². The number of hydrogen-bond acceptors (Lipinski definition) is 3. The minimum Gasteiger partial charge on any atom is -0.368 e. The SMILES string of the molecule is Cc1ccc(C(=O)N2CCC3(CC2)OCCc2c3[nH]c3ccccc23)s1. The van der Waals surface area contributed by atoms with Crippen molar-refractivity contribution in [2.45, 2.75) is 31.8 Å². The number of nitrogens with one attached hydrogen (secondary N) is 1. The van der Waals surface area contributed by atoms with Gasteiger partial charge in [0.25, 0.3) is 5.91 Å². The van der Waals surface area contributed by atoms with Gasteiger partial charge in [0.2, 0.25) is 0 Å². The molecule has 1 N–H and O–H groups in total. The molecule has 3 aromatic rings. The van der Waals surface area contributed by atoms with Crippen molar-refractivity contribution in [2.24, 2.45) is 0 Å². The van der Waals surface area contributed by atoms with Crippen LogP contribution in [0.3, 0.4) is 0 Å². The second-order valence-corrected chi connectivity index (χ2v) is 8.61. The van der Waals surface area contributed by atoms with Gasteiger partial charge in [-0.1, -0.05) is 18.2 Å². The van der Waals surface area contributed by atoms with E-state index in [1.54, 1.807) is 11.3 Å². The van der Waals surface area contributed by atoms with Crippen LogP contribution in [-0.2, 0) is 16.8 Å². The molecule has 0 bridgehead atoms. The van der Waals surface area contributed by atoms with Crippen molar-refractivity contribution in [2.75, 3.05) is 19.7 Å². The molecule has 0 radical (unpaired) electrons. The number of fused-ring (bicyclic) bond motifs is 4. The number of aromatic amines is 1. The number of carbonyl (C=O) groups excluding carboxylic acids is 1. The molecular weight excluding hydrogens is 344 g/mol. The maximum atomic E-state index is 12.8. The Hall–Kier alpha value is -2.11. The van der Waals surface area contributed by atoms with Gasteiger partial charge in [-0.2, -0.15) is 0 Å². The Bertz CT molecular complexity index is 979. The fraction of sp³-hybridized carbons (Fsp3) is 0.381. The lowest BCUT2D eigenvalue weighted by Gasteiger charge is -2.43. The number of amides is 1. The van der Waals surface area contributed by atoms with Crippen LogP contribution in [0.25, 0.3) is 10.9 Å². The van der Waals surface area contributed by atoms with E-state index in [9.17, 15) is 4.79 Å². The lowest BCUT2D eigenvalue weighted by Crippen LogP contribution is -2.48. The zero-order valence-electron chi connectivity index (χ0n) is 14.9. The highest BCUT2D eigenvalue weighted by Crippen LogP contribution is 2.43. The molecule has 0 atom stereocenters. The van der Waals surface area contributed by atoms with Crippen LogP contribution in [0.4, 0.5) is 0 Å². The van der Waals surface area contributed by atoms with Crippen molar-refractivity contribution in [1.29, 1.82) is 0 Å². The number of likely N-dealkylation sites (tertiary alicyclic amines) is 1. The molecule has 1 amide bonds. The molecule has 5 heteroatoms. The second kappa shape index (κ2) is 5.96. The van der Waals surface area contributed by atoms with E-state index in [0.717, 1.165) is 43.8 Å². The van der Waals surface area contributed by atoms with Gasteiger partial charge in [-0.15, -0.1) is 11.3 Å². The van der Waals surface area contributed by atoms with E-state index < -0.39 is 0 Å². The van der Waals surface area contributed by atoms with E-state index in [2.05, 4.69) is 29.2 Å².